The first-order valence-electron chi connectivity index (χ1n) is 23.7. The quantitative estimate of drug-likeness (QED) is 0.107. The fraction of sp³-hybridized carbons (Fsp3) is 0.396. The highest BCUT2D eigenvalue weighted by molar-refractivity contribution is 7.15. The topological polar surface area (TPSA) is 184 Å². The van der Waals surface area contributed by atoms with Crippen molar-refractivity contribution in [1.29, 1.82) is 0 Å². The van der Waals surface area contributed by atoms with Crippen LogP contribution in [0.3, 0.4) is 0 Å². The molecular weight excluding hydrogens is 923 g/mol. The van der Waals surface area contributed by atoms with Crippen LogP contribution in [-0.2, 0) is 25.5 Å². The number of amides is 3. The predicted octanol–water partition coefficient (Wildman–Crippen LogP) is 8.21. The highest BCUT2D eigenvalue weighted by Gasteiger charge is 2.45. The van der Waals surface area contributed by atoms with Crippen molar-refractivity contribution in [2.45, 2.75) is 111 Å². The van der Waals surface area contributed by atoms with Gasteiger partial charge in [-0.15, -0.1) is 32.9 Å². The van der Waals surface area contributed by atoms with Gasteiger partial charge in [-0.1, -0.05) is 57.2 Å². The van der Waals surface area contributed by atoms with Crippen LogP contribution in [0.5, 0.6) is 0 Å². The number of benzene rings is 3. The fourth-order valence-electron chi connectivity index (χ4n) is 9.80. The minimum atomic E-state index is -0.986. The van der Waals surface area contributed by atoms with Gasteiger partial charge in [-0.3, -0.25) is 28.7 Å². The summed E-state index contributed by atoms with van der Waals surface area (Å²) >= 11 is 3.24. The van der Waals surface area contributed by atoms with Gasteiger partial charge >= 0.3 is 5.97 Å². The number of thiazole rings is 1. The number of aliphatic imine (C=N–C) groups is 1. The van der Waals surface area contributed by atoms with Gasteiger partial charge in [0.05, 0.1) is 47.5 Å². The molecule has 3 aromatic carbocycles. The van der Waals surface area contributed by atoms with Gasteiger partial charge in [0, 0.05) is 52.5 Å². The molecule has 0 saturated carbocycles. The molecule has 0 aliphatic carbocycles. The van der Waals surface area contributed by atoms with E-state index in [1.54, 1.807) is 28.7 Å². The number of β-amino-alcohol motifs (C(OH)–C–C–N with tert-alkyl or cyclic N) is 1. The number of thiophene rings is 1. The van der Waals surface area contributed by atoms with Gasteiger partial charge in [-0.05, 0) is 105 Å². The molecule has 15 nitrogen and oxygen atoms in total. The number of esters is 1. The summed E-state index contributed by atoms with van der Waals surface area (Å²) < 4.78 is 7.08. The van der Waals surface area contributed by atoms with Crippen molar-refractivity contribution in [3.8, 4) is 15.4 Å². The molecule has 70 heavy (non-hydrogen) atoms. The number of ether oxygens (including phenoxy) is 1. The Hall–Kier alpha value is -6.56. The lowest BCUT2D eigenvalue weighted by Gasteiger charge is -2.36. The van der Waals surface area contributed by atoms with E-state index >= 15 is 0 Å². The van der Waals surface area contributed by atoms with E-state index in [-0.39, 0.29) is 37.3 Å². The summed E-state index contributed by atoms with van der Waals surface area (Å²) in [6.07, 6.45) is 0.851. The molecule has 3 aliphatic heterocycles. The maximum absolute atomic E-state index is 14.5. The van der Waals surface area contributed by atoms with E-state index in [0.717, 1.165) is 96.1 Å². The third kappa shape index (κ3) is 9.29. The van der Waals surface area contributed by atoms with Crippen molar-refractivity contribution in [1.82, 2.24) is 35.3 Å². The van der Waals surface area contributed by atoms with Crippen molar-refractivity contribution in [3.05, 3.63) is 128 Å². The zero-order chi connectivity index (χ0) is 49.8. The summed E-state index contributed by atoms with van der Waals surface area (Å²) in [6.45, 7) is 16.4. The highest BCUT2D eigenvalue weighted by atomic mass is 32.1. The number of carbonyl (C=O) groups is 4. The molecular formula is C53H59N9O6S2. The number of aromatic nitrogens is 4. The number of aliphatic hydroxyl groups excluding tert-OH is 1. The molecule has 5 atom stereocenters. The first kappa shape index (κ1) is 48.5. The number of likely N-dealkylation sites (tertiary alicyclic amines) is 1. The number of nitrogens with one attached hydrogen (secondary N) is 2. The molecule has 0 radical (unpaired) electrons. The first-order valence-corrected chi connectivity index (χ1v) is 25.4. The van der Waals surface area contributed by atoms with E-state index in [1.165, 1.54) is 12.0 Å². The van der Waals surface area contributed by atoms with E-state index < -0.39 is 41.5 Å². The normalized spacial score (nSPS) is 18.5. The Balaban J connectivity index is 0.910. The van der Waals surface area contributed by atoms with Crippen molar-refractivity contribution >= 4 is 63.5 Å². The molecule has 9 rings (SSSR count). The van der Waals surface area contributed by atoms with Crippen LogP contribution in [0.4, 0.5) is 11.4 Å². The SMILES string of the molecule is COC(=O)C[C@@H]1N=C(c2ccc(N3CCCc4cc(C(=O)NC(C(=O)N5C[C@H](O)C[C@H]5C(=O)N[C@@H](C)c5ccc(-c6scnc6C)cc5)C(C)(C)C)ccc43)cc2)c2c(sc(C)c2C)-n2c(C)nnc21. The smallest absolute Gasteiger partial charge is 0.308 e. The summed E-state index contributed by atoms with van der Waals surface area (Å²) in [5.41, 5.74) is 11.2. The summed E-state index contributed by atoms with van der Waals surface area (Å²) in [4.78, 5) is 70.7. The number of hydrogen-bond acceptors (Lipinski definition) is 13. The van der Waals surface area contributed by atoms with E-state index in [2.05, 4.69) is 68.8 Å². The van der Waals surface area contributed by atoms with Crippen molar-refractivity contribution < 1.29 is 29.0 Å². The number of anilines is 2. The van der Waals surface area contributed by atoms with Gasteiger partial charge in [0.25, 0.3) is 5.91 Å². The molecule has 3 amide bonds. The van der Waals surface area contributed by atoms with Gasteiger partial charge in [-0.2, -0.15) is 0 Å². The number of hydrogen-bond donors (Lipinski definition) is 3. The molecule has 3 aromatic heterocycles. The highest BCUT2D eigenvalue weighted by Crippen LogP contribution is 2.41. The number of aliphatic hydroxyl groups is 1. The number of nitrogens with zero attached hydrogens (tertiary/aromatic N) is 7. The van der Waals surface area contributed by atoms with Crippen LogP contribution in [-0.4, -0.2) is 97.5 Å². The molecule has 3 aliphatic rings. The van der Waals surface area contributed by atoms with Crippen molar-refractivity contribution in [2.24, 2.45) is 10.4 Å². The first-order chi connectivity index (χ1) is 33.4. The van der Waals surface area contributed by atoms with Crippen molar-refractivity contribution in [2.75, 3.05) is 25.1 Å². The molecule has 1 fully saturated rings. The maximum atomic E-state index is 14.5. The summed E-state index contributed by atoms with van der Waals surface area (Å²) in [5, 5.41) is 26.8. The van der Waals surface area contributed by atoms with Crippen LogP contribution in [0, 0.1) is 33.1 Å². The standard InChI is InChI=1S/C53H59N9O6S2/c1-28-31(4)70-52-44(28)45(56-40(25-43(64)68-9)48-59-58-32(5)62(48)52)34-16-19-38(20-17-34)60-22-10-11-36-23-37(18-21-41(36)60)49(65)57-47(53(6,7)8)51(67)61-26-39(63)24-42(61)50(66)55-29(2)33-12-14-35(15-13-33)46-30(3)54-27-69-46/h12-21,23,27,29,39-40,42,47,63H,10-11,22,24-26H2,1-9H3,(H,55,66)(H,57,65)/t29-,39+,40-,42-,47?/m0/s1. The molecule has 6 heterocycles. The largest absolute Gasteiger partial charge is 0.469 e. The van der Waals surface area contributed by atoms with Gasteiger partial charge in [0.2, 0.25) is 11.8 Å². The zero-order valence-electron chi connectivity index (χ0n) is 41.0. The molecule has 1 saturated heterocycles. The molecule has 0 spiro atoms. The van der Waals surface area contributed by atoms with Crippen LogP contribution in [0.2, 0.25) is 0 Å². The number of aryl methyl sites for hydroxylation is 4. The average Bonchev–Trinajstić information content (AvgIpc) is 4.11. The van der Waals surface area contributed by atoms with Crippen LogP contribution < -0.4 is 15.5 Å². The van der Waals surface area contributed by atoms with Crippen LogP contribution in [0.1, 0.15) is 119 Å². The van der Waals surface area contributed by atoms with Gasteiger partial charge < -0.3 is 30.3 Å². The Morgan fingerprint density at radius 3 is 2.36 bits per heavy atom. The number of fused-ring (bicyclic) bond motifs is 4. The third-order valence-corrected chi connectivity index (χ3v) is 15.9. The average molecular weight is 982 g/mol. The Labute approximate surface area is 416 Å². The van der Waals surface area contributed by atoms with Crippen LogP contribution >= 0.6 is 22.7 Å². The number of rotatable bonds is 11. The van der Waals surface area contributed by atoms with E-state index in [9.17, 15) is 24.3 Å². The lowest BCUT2D eigenvalue weighted by atomic mass is 9.85. The number of methoxy groups -OCH3 is 1. The summed E-state index contributed by atoms with van der Waals surface area (Å²) in [6, 6.07) is 19.1. The van der Waals surface area contributed by atoms with E-state index in [0.29, 0.717) is 11.4 Å². The minimum Gasteiger partial charge on any atom is -0.469 e. The Bertz CT molecular complexity index is 3020. The van der Waals surface area contributed by atoms with Gasteiger partial charge in [0.15, 0.2) is 5.82 Å². The Kier molecular flexibility index (Phi) is 13.4. The molecule has 0 bridgehead atoms. The molecule has 3 N–H and O–H groups in total. The lowest BCUT2D eigenvalue weighted by molar-refractivity contribution is -0.142. The number of carbonyl (C=O) groups excluding carboxylic acids is 4. The van der Waals surface area contributed by atoms with E-state index in [1.807, 2.05) is 88.0 Å². The molecule has 17 heteroatoms. The monoisotopic (exact) mass is 981 g/mol. The van der Waals surface area contributed by atoms with Gasteiger partial charge in [0.1, 0.15) is 29.0 Å². The Morgan fingerprint density at radius 1 is 0.943 bits per heavy atom. The summed E-state index contributed by atoms with van der Waals surface area (Å²) in [5.74, 6) is -0.249. The zero-order valence-corrected chi connectivity index (χ0v) is 42.6. The second-order valence-electron chi connectivity index (χ2n) is 19.6. The summed E-state index contributed by atoms with van der Waals surface area (Å²) in [7, 11) is 1.37. The predicted molar refractivity (Wildman–Crippen MR) is 272 cm³/mol. The molecule has 6 aromatic rings. The third-order valence-electron chi connectivity index (χ3n) is 13.8. The van der Waals surface area contributed by atoms with Crippen LogP contribution in [0.25, 0.3) is 15.4 Å². The maximum Gasteiger partial charge on any atom is 0.308 e. The van der Waals surface area contributed by atoms with E-state index in [4.69, 9.17) is 9.73 Å². The van der Waals surface area contributed by atoms with Crippen LogP contribution in [0.15, 0.2) is 77.2 Å². The Morgan fingerprint density at radius 2 is 1.67 bits per heavy atom. The van der Waals surface area contributed by atoms with Crippen molar-refractivity contribution in [3.63, 3.8) is 0 Å². The fourth-order valence-corrected chi connectivity index (χ4v) is 11.8. The second kappa shape index (κ2) is 19.3. The lowest BCUT2D eigenvalue weighted by Crippen LogP contribution is -2.57. The van der Waals surface area contributed by atoms with Gasteiger partial charge in [-0.25, -0.2) is 4.98 Å². The second-order valence-corrected chi connectivity index (χ2v) is 21.7. The molecule has 1 unspecified atom stereocenters. The minimum absolute atomic E-state index is 0.0198. The molecule has 364 valence electrons.